The summed E-state index contributed by atoms with van der Waals surface area (Å²) in [6.45, 7) is 6.40. The van der Waals surface area contributed by atoms with Gasteiger partial charge in [0, 0.05) is 46.0 Å². The molecule has 6 heteroatoms. The van der Waals surface area contributed by atoms with E-state index in [1.807, 2.05) is 63.2 Å². The van der Waals surface area contributed by atoms with E-state index in [4.69, 9.17) is 4.74 Å². The number of aromatic nitrogens is 1. The Morgan fingerprint density at radius 3 is 2.65 bits per heavy atom. The van der Waals surface area contributed by atoms with E-state index in [0.717, 1.165) is 40.9 Å². The fourth-order valence-electron chi connectivity index (χ4n) is 3.43. The number of ketones is 1. The number of para-hydroxylation sites is 2. The second-order valence-corrected chi connectivity index (χ2v) is 9.16. The SMILES string of the molecule is CCCS(=O)CCCOc1cccc2c(Nc3ccccc3C)c(C(=O)CC)cnc12. The third kappa shape index (κ3) is 5.70. The number of fused-ring (bicyclic) bond motifs is 1. The Balaban J connectivity index is 1.93. The summed E-state index contributed by atoms with van der Waals surface area (Å²) in [5.74, 6) is 2.08. The molecule has 0 aliphatic heterocycles. The molecule has 1 atom stereocenters. The third-order valence-corrected chi connectivity index (χ3v) is 6.70. The van der Waals surface area contributed by atoms with Gasteiger partial charge in [-0.25, -0.2) is 0 Å². The van der Waals surface area contributed by atoms with Crippen LogP contribution in [-0.2, 0) is 10.8 Å². The second-order valence-electron chi connectivity index (χ2n) is 7.47. The van der Waals surface area contributed by atoms with Crippen LogP contribution < -0.4 is 10.1 Å². The highest BCUT2D eigenvalue weighted by Gasteiger charge is 2.17. The van der Waals surface area contributed by atoms with Crippen molar-refractivity contribution in [2.75, 3.05) is 23.4 Å². The lowest BCUT2D eigenvalue weighted by atomic mass is 10.0. The predicted molar refractivity (Wildman–Crippen MR) is 129 cm³/mol. The number of pyridine rings is 1. The summed E-state index contributed by atoms with van der Waals surface area (Å²) in [5, 5.41) is 4.31. The average Bonchev–Trinajstić information content (AvgIpc) is 2.78. The van der Waals surface area contributed by atoms with Crippen LogP contribution in [0.1, 0.15) is 49.0 Å². The van der Waals surface area contributed by atoms with Crippen molar-refractivity contribution < 1.29 is 13.7 Å². The lowest BCUT2D eigenvalue weighted by Gasteiger charge is -2.17. The number of aryl methyl sites for hydroxylation is 1. The molecule has 0 fully saturated rings. The molecule has 31 heavy (non-hydrogen) atoms. The smallest absolute Gasteiger partial charge is 0.166 e. The summed E-state index contributed by atoms with van der Waals surface area (Å²) < 4.78 is 17.8. The van der Waals surface area contributed by atoms with Crippen molar-refractivity contribution in [1.82, 2.24) is 4.98 Å². The van der Waals surface area contributed by atoms with Gasteiger partial charge in [0.2, 0.25) is 0 Å². The number of hydrogen-bond acceptors (Lipinski definition) is 5. The number of nitrogens with one attached hydrogen (secondary N) is 1. The molecule has 1 unspecified atom stereocenters. The molecule has 3 rings (SSSR count). The maximum absolute atomic E-state index is 12.6. The zero-order valence-corrected chi connectivity index (χ0v) is 19.3. The first-order chi connectivity index (χ1) is 15.0. The Hall–Kier alpha value is -2.73. The molecular formula is C25H30N2O3S. The summed E-state index contributed by atoms with van der Waals surface area (Å²) in [4.78, 5) is 17.2. The average molecular weight is 439 g/mol. The molecule has 1 N–H and O–H groups in total. The maximum atomic E-state index is 12.6. The molecule has 0 aliphatic carbocycles. The van der Waals surface area contributed by atoms with Gasteiger partial charge in [0.1, 0.15) is 11.3 Å². The van der Waals surface area contributed by atoms with Crippen molar-refractivity contribution in [3.8, 4) is 5.75 Å². The van der Waals surface area contributed by atoms with E-state index < -0.39 is 10.8 Å². The number of carbonyl (C=O) groups is 1. The molecule has 0 amide bonds. The number of hydrogen-bond donors (Lipinski definition) is 1. The van der Waals surface area contributed by atoms with Crippen LogP contribution in [0.5, 0.6) is 5.75 Å². The van der Waals surface area contributed by atoms with Gasteiger partial charge >= 0.3 is 0 Å². The van der Waals surface area contributed by atoms with Crippen LogP contribution in [-0.4, -0.2) is 33.1 Å². The predicted octanol–water partition coefficient (Wildman–Crippen LogP) is 5.81. The van der Waals surface area contributed by atoms with E-state index >= 15 is 0 Å². The number of carbonyl (C=O) groups excluding carboxylic acids is 1. The van der Waals surface area contributed by atoms with Crippen molar-refractivity contribution in [2.24, 2.45) is 0 Å². The Bertz CT molecular complexity index is 1080. The fourth-order valence-corrected chi connectivity index (χ4v) is 4.53. The summed E-state index contributed by atoms with van der Waals surface area (Å²) in [7, 11) is -0.786. The number of ether oxygens (including phenoxy) is 1. The third-order valence-electron chi connectivity index (χ3n) is 5.09. The number of Topliss-reactive ketones (excluding diaryl/α,β-unsaturated/α-hetero) is 1. The van der Waals surface area contributed by atoms with Gasteiger partial charge in [-0.1, -0.05) is 44.2 Å². The zero-order valence-electron chi connectivity index (χ0n) is 18.4. The normalized spacial score (nSPS) is 12.0. The molecule has 0 bridgehead atoms. The van der Waals surface area contributed by atoms with Gasteiger partial charge < -0.3 is 10.1 Å². The Morgan fingerprint density at radius 2 is 1.90 bits per heavy atom. The molecule has 5 nitrogen and oxygen atoms in total. The van der Waals surface area contributed by atoms with Crippen LogP contribution in [0, 0.1) is 6.92 Å². The molecule has 164 valence electrons. The first kappa shape index (κ1) is 22.9. The van der Waals surface area contributed by atoms with Gasteiger partial charge in [-0.3, -0.25) is 14.0 Å². The minimum atomic E-state index is -0.786. The second kappa shape index (κ2) is 11.0. The van der Waals surface area contributed by atoms with Crippen molar-refractivity contribution in [3.63, 3.8) is 0 Å². The Kier molecular flexibility index (Phi) is 8.18. The summed E-state index contributed by atoms with van der Waals surface area (Å²) in [6, 6.07) is 13.7. The number of anilines is 2. The maximum Gasteiger partial charge on any atom is 0.166 e. The molecule has 2 aromatic carbocycles. The van der Waals surface area contributed by atoms with Crippen molar-refractivity contribution in [3.05, 3.63) is 59.8 Å². The van der Waals surface area contributed by atoms with Crippen LogP contribution in [0.2, 0.25) is 0 Å². The van der Waals surface area contributed by atoms with Crippen LogP contribution in [0.25, 0.3) is 10.9 Å². The molecule has 0 spiro atoms. The topological polar surface area (TPSA) is 68.3 Å². The van der Waals surface area contributed by atoms with Gasteiger partial charge in [0.15, 0.2) is 5.78 Å². The van der Waals surface area contributed by atoms with E-state index in [9.17, 15) is 9.00 Å². The Morgan fingerprint density at radius 1 is 1.10 bits per heavy atom. The lowest BCUT2D eigenvalue weighted by molar-refractivity contribution is 0.0988. The van der Waals surface area contributed by atoms with Gasteiger partial charge in [0.25, 0.3) is 0 Å². The molecule has 3 aromatic rings. The molecular weight excluding hydrogens is 408 g/mol. The highest BCUT2D eigenvalue weighted by molar-refractivity contribution is 7.84. The van der Waals surface area contributed by atoms with Crippen molar-refractivity contribution in [1.29, 1.82) is 0 Å². The largest absolute Gasteiger partial charge is 0.491 e. The van der Waals surface area contributed by atoms with Crippen LogP contribution in [0.15, 0.2) is 48.7 Å². The highest BCUT2D eigenvalue weighted by Crippen LogP contribution is 2.34. The molecule has 1 aromatic heterocycles. The molecule has 1 heterocycles. The minimum Gasteiger partial charge on any atom is -0.491 e. The quantitative estimate of drug-likeness (QED) is 0.302. The number of rotatable bonds is 11. The van der Waals surface area contributed by atoms with Crippen LogP contribution in [0.4, 0.5) is 11.4 Å². The summed E-state index contributed by atoms with van der Waals surface area (Å²) in [6.07, 6.45) is 3.69. The van der Waals surface area contributed by atoms with Crippen molar-refractivity contribution in [2.45, 2.75) is 40.0 Å². The number of nitrogens with zero attached hydrogens (tertiary/aromatic N) is 1. The van der Waals surface area contributed by atoms with Crippen molar-refractivity contribution >= 4 is 38.9 Å². The van der Waals surface area contributed by atoms with Gasteiger partial charge in [-0.05, 0) is 37.5 Å². The molecule has 0 radical (unpaired) electrons. The monoisotopic (exact) mass is 438 g/mol. The summed E-state index contributed by atoms with van der Waals surface area (Å²) in [5.41, 5.74) is 4.08. The molecule has 0 saturated heterocycles. The van der Waals surface area contributed by atoms with E-state index in [1.165, 1.54) is 0 Å². The summed E-state index contributed by atoms with van der Waals surface area (Å²) >= 11 is 0. The number of benzene rings is 2. The van der Waals surface area contributed by atoms with Gasteiger partial charge in [-0.15, -0.1) is 0 Å². The first-order valence-electron chi connectivity index (χ1n) is 10.8. The zero-order chi connectivity index (χ0) is 22.2. The van der Waals surface area contributed by atoms with E-state index in [1.54, 1.807) is 6.20 Å². The highest BCUT2D eigenvalue weighted by atomic mass is 32.2. The standard InChI is InChI=1S/C25H30N2O3S/c1-4-15-31(29)16-9-14-30-23-13-8-11-19-24(27-21-12-7-6-10-18(21)3)20(22(28)5-2)17-26-25(19)23/h6-8,10-13,17H,4-5,9,14-16H2,1-3H3,(H,26,27). The van der Waals surface area contributed by atoms with Gasteiger partial charge in [0.05, 0.1) is 17.9 Å². The Labute approximate surface area is 186 Å². The van der Waals surface area contributed by atoms with E-state index in [-0.39, 0.29) is 5.78 Å². The van der Waals surface area contributed by atoms with E-state index in [0.29, 0.717) is 35.6 Å². The van der Waals surface area contributed by atoms with Crippen LogP contribution in [0.3, 0.4) is 0 Å². The van der Waals surface area contributed by atoms with Crippen LogP contribution >= 0.6 is 0 Å². The molecule has 0 aliphatic rings. The minimum absolute atomic E-state index is 0.0372. The van der Waals surface area contributed by atoms with Gasteiger partial charge in [-0.2, -0.15) is 0 Å². The fraction of sp³-hybridized carbons (Fsp3) is 0.360. The lowest BCUT2D eigenvalue weighted by Crippen LogP contribution is -2.08. The molecule has 0 saturated carbocycles. The van der Waals surface area contributed by atoms with E-state index in [2.05, 4.69) is 10.3 Å². The first-order valence-corrected chi connectivity index (χ1v) is 12.3.